The van der Waals surface area contributed by atoms with Crippen LogP contribution in [0.4, 0.5) is 10.1 Å². The van der Waals surface area contributed by atoms with E-state index in [0.717, 1.165) is 0 Å². The molecule has 0 amide bonds. The summed E-state index contributed by atoms with van der Waals surface area (Å²) in [5.41, 5.74) is 6.42. The molecule has 1 unspecified atom stereocenters. The normalized spacial score (nSPS) is 12.2. The maximum absolute atomic E-state index is 13.6. The van der Waals surface area contributed by atoms with Crippen LogP contribution in [0.15, 0.2) is 42.5 Å². The lowest BCUT2D eigenvalue weighted by molar-refractivity contribution is -0.384. The molecule has 0 saturated carbocycles. The molecule has 6 heteroatoms. The van der Waals surface area contributed by atoms with Crippen LogP contribution in [0.5, 0.6) is 0 Å². The van der Waals surface area contributed by atoms with Crippen molar-refractivity contribution in [3.05, 3.63) is 74.5 Å². The van der Waals surface area contributed by atoms with Gasteiger partial charge in [0.2, 0.25) is 0 Å². The summed E-state index contributed by atoms with van der Waals surface area (Å²) in [4.78, 5) is 10.2. The predicted octanol–water partition coefficient (Wildman–Crippen LogP) is 3.44. The van der Waals surface area contributed by atoms with E-state index in [1.807, 2.05) is 0 Å². The van der Waals surface area contributed by atoms with Gasteiger partial charge in [0.15, 0.2) is 0 Å². The fraction of sp³-hybridized carbons (Fsp3) is 0.0769. The van der Waals surface area contributed by atoms with E-state index in [1.165, 1.54) is 30.3 Å². The molecule has 98 valence electrons. The fourth-order valence-corrected chi connectivity index (χ4v) is 2.03. The average molecular weight is 281 g/mol. The van der Waals surface area contributed by atoms with Gasteiger partial charge in [-0.1, -0.05) is 29.8 Å². The minimum Gasteiger partial charge on any atom is -0.320 e. The zero-order valence-electron chi connectivity index (χ0n) is 9.72. The highest BCUT2D eigenvalue weighted by atomic mass is 35.5. The number of hydrogen-bond acceptors (Lipinski definition) is 3. The number of rotatable bonds is 3. The highest BCUT2D eigenvalue weighted by Crippen LogP contribution is 2.28. The van der Waals surface area contributed by atoms with Gasteiger partial charge in [-0.15, -0.1) is 0 Å². The van der Waals surface area contributed by atoms with Crippen molar-refractivity contribution >= 4 is 17.3 Å². The van der Waals surface area contributed by atoms with Crippen LogP contribution in [-0.2, 0) is 0 Å². The van der Waals surface area contributed by atoms with Crippen LogP contribution in [0, 0.1) is 15.9 Å². The number of nitrogens with zero attached hydrogens (tertiary/aromatic N) is 1. The van der Waals surface area contributed by atoms with Crippen molar-refractivity contribution in [2.24, 2.45) is 5.73 Å². The first-order valence-corrected chi connectivity index (χ1v) is 5.81. The second kappa shape index (κ2) is 5.34. The third-order valence-corrected chi connectivity index (χ3v) is 2.93. The summed E-state index contributed by atoms with van der Waals surface area (Å²) >= 11 is 5.81. The average Bonchev–Trinajstić information content (AvgIpc) is 2.37. The number of nitro benzene ring substituents is 1. The Morgan fingerprint density at radius 3 is 2.58 bits per heavy atom. The Labute approximate surface area is 113 Å². The molecule has 2 rings (SSSR count). The minimum atomic E-state index is -0.807. The van der Waals surface area contributed by atoms with Gasteiger partial charge in [0, 0.05) is 22.7 Å². The largest absolute Gasteiger partial charge is 0.320 e. The monoisotopic (exact) mass is 280 g/mol. The summed E-state index contributed by atoms with van der Waals surface area (Å²) in [7, 11) is 0. The van der Waals surface area contributed by atoms with Gasteiger partial charge in [0.25, 0.3) is 5.69 Å². The highest BCUT2D eigenvalue weighted by molar-refractivity contribution is 6.30. The predicted molar refractivity (Wildman–Crippen MR) is 70.5 cm³/mol. The van der Waals surface area contributed by atoms with Crippen molar-refractivity contribution in [3.63, 3.8) is 0 Å². The van der Waals surface area contributed by atoms with E-state index in [9.17, 15) is 14.5 Å². The standard InChI is InChI=1S/C13H10ClFN2O2/c14-9-5-8(6-10(7-9)17(18)19)13(16)11-3-1-2-4-12(11)15/h1-7,13H,16H2. The second-order valence-corrected chi connectivity index (χ2v) is 4.44. The lowest BCUT2D eigenvalue weighted by Gasteiger charge is -2.13. The molecule has 0 aliphatic carbocycles. The lowest BCUT2D eigenvalue weighted by atomic mass is 9.99. The molecule has 0 aromatic heterocycles. The van der Waals surface area contributed by atoms with Gasteiger partial charge in [-0.25, -0.2) is 4.39 Å². The zero-order chi connectivity index (χ0) is 14.0. The number of halogens is 2. The first kappa shape index (κ1) is 13.5. The van der Waals surface area contributed by atoms with Gasteiger partial charge in [0.1, 0.15) is 5.82 Å². The quantitative estimate of drug-likeness (QED) is 0.692. The van der Waals surface area contributed by atoms with Gasteiger partial charge >= 0.3 is 0 Å². The molecule has 0 aliphatic rings. The van der Waals surface area contributed by atoms with Gasteiger partial charge in [-0.2, -0.15) is 0 Å². The van der Waals surface area contributed by atoms with Crippen LogP contribution >= 0.6 is 11.6 Å². The molecule has 2 aromatic rings. The van der Waals surface area contributed by atoms with E-state index < -0.39 is 16.8 Å². The third kappa shape index (κ3) is 2.89. The maximum Gasteiger partial charge on any atom is 0.271 e. The molecule has 0 heterocycles. The molecule has 0 bridgehead atoms. The number of non-ortho nitro benzene ring substituents is 1. The van der Waals surface area contributed by atoms with Crippen molar-refractivity contribution in [2.45, 2.75) is 6.04 Å². The van der Waals surface area contributed by atoms with Crippen LogP contribution in [0.3, 0.4) is 0 Å². The molecule has 0 aliphatic heterocycles. The molecule has 2 aromatic carbocycles. The van der Waals surface area contributed by atoms with Gasteiger partial charge in [0.05, 0.1) is 11.0 Å². The summed E-state index contributed by atoms with van der Waals surface area (Å²) in [5.74, 6) is -0.461. The summed E-state index contributed by atoms with van der Waals surface area (Å²) in [6.45, 7) is 0. The second-order valence-electron chi connectivity index (χ2n) is 4.00. The summed E-state index contributed by atoms with van der Waals surface area (Å²) in [6.07, 6.45) is 0. The van der Waals surface area contributed by atoms with Crippen molar-refractivity contribution in [1.82, 2.24) is 0 Å². The molecule has 19 heavy (non-hydrogen) atoms. The van der Waals surface area contributed by atoms with Crippen molar-refractivity contribution in [2.75, 3.05) is 0 Å². The SMILES string of the molecule is NC(c1cc(Cl)cc([N+](=O)[O-])c1)c1ccccc1F. The van der Waals surface area contributed by atoms with Gasteiger partial charge < -0.3 is 5.73 Å². The third-order valence-electron chi connectivity index (χ3n) is 2.72. The Bertz CT molecular complexity index is 634. The lowest BCUT2D eigenvalue weighted by Crippen LogP contribution is -2.13. The fourth-order valence-electron chi connectivity index (χ4n) is 1.79. The molecular weight excluding hydrogens is 271 g/mol. The topological polar surface area (TPSA) is 69.2 Å². The van der Waals surface area contributed by atoms with Crippen LogP contribution in [0.1, 0.15) is 17.2 Å². The van der Waals surface area contributed by atoms with Crippen LogP contribution in [0.2, 0.25) is 5.02 Å². The van der Waals surface area contributed by atoms with Crippen molar-refractivity contribution < 1.29 is 9.31 Å². The Morgan fingerprint density at radius 2 is 1.95 bits per heavy atom. The van der Waals surface area contributed by atoms with E-state index in [2.05, 4.69) is 0 Å². The first-order valence-electron chi connectivity index (χ1n) is 5.44. The molecule has 0 fully saturated rings. The molecule has 1 atom stereocenters. The Kier molecular flexibility index (Phi) is 3.78. The first-order chi connectivity index (χ1) is 8.99. The summed E-state index contributed by atoms with van der Waals surface area (Å²) < 4.78 is 13.6. The molecule has 0 saturated heterocycles. The zero-order valence-corrected chi connectivity index (χ0v) is 10.5. The van der Waals surface area contributed by atoms with Crippen LogP contribution < -0.4 is 5.73 Å². The number of hydrogen-bond donors (Lipinski definition) is 1. The van der Waals surface area contributed by atoms with Crippen LogP contribution in [-0.4, -0.2) is 4.92 Å². The molecular formula is C13H10ClFN2O2. The van der Waals surface area contributed by atoms with Crippen molar-refractivity contribution in [3.8, 4) is 0 Å². The van der Waals surface area contributed by atoms with E-state index in [1.54, 1.807) is 12.1 Å². The van der Waals surface area contributed by atoms with E-state index in [0.29, 0.717) is 5.56 Å². The molecule has 4 nitrogen and oxygen atoms in total. The molecule has 2 N–H and O–H groups in total. The number of nitrogens with two attached hydrogens (primary N) is 1. The maximum atomic E-state index is 13.6. The molecule has 0 spiro atoms. The van der Waals surface area contributed by atoms with Crippen molar-refractivity contribution in [1.29, 1.82) is 0 Å². The minimum absolute atomic E-state index is 0.172. The van der Waals surface area contributed by atoms with Gasteiger partial charge in [-0.05, 0) is 17.7 Å². The number of nitro groups is 1. The Morgan fingerprint density at radius 1 is 1.26 bits per heavy atom. The van der Waals surface area contributed by atoms with E-state index in [4.69, 9.17) is 17.3 Å². The van der Waals surface area contributed by atoms with Crippen LogP contribution in [0.25, 0.3) is 0 Å². The van der Waals surface area contributed by atoms with E-state index >= 15 is 0 Å². The molecule has 0 radical (unpaired) electrons. The van der Waals surface area contributed by atoms with Gasteiger partial charge in [-0.3, -0.25) is 10.1 Å². The highest BCUT2D eigenvalue weighted by Gasteiger charge is 2.17. The Balaban J connectivity index is 2.47. The summed E-state index contributed by atoms with van der Waals surface area (Å²) in [6, 6.07) is 9.22. The smallest absolute Gasteiger partial charge is 0.271 e. The summed E-state index contributed by atoms with van der Waals surface area (Å²) in [5, 5.41) is 11.0. The van der Waals surface area contributed by atoms with E-state index in [-0.39, 0.29) is 16.3 Å². The number of benzene rings is 2. The Hall–Kier alpha value is -1.98.